The van der Waals surface area contributed by atoms with Crippen LogP contribution in [0.2, 0.25) is 6.82 Å². The Morgan fingerprint density at radius 3 is 2.70 bits per heavy atom. The highest BCUT2D eigenvalue weighted by atomic mass is 32.1. The molecule has 0 aromatic heterocycles. The van der Waals surface area contributed by atoms with Crippen LogP contribution in [0.3, 0.4) is 0 Å². The minimum Gasteiger partial charge on any atom is -0.408 e. The number of thiocarbonyl (C=S) groups is 2. The normalized spacial score (nSPS) is 25.4. The lowest BCUT2D eigenvalue weighted by atomic mass is 9.53. The number of hydrogen-bond acceptors (Lipinski definition) is 2. The van der Waals surface area contributed by atoms with Crippen molar-refractivity contribution in [3.05, 3.63) is 35.9 Å². The molecule has 0 aliphatic carbocycles. The van der Waals surface area contributed by atoms with Gasteiger partial charge in [0.15, 0.2) is 0 Å². The van der Waals surface area contributed by atoms with Crippen LogP contribution < -0.4 is 5.32 Å². The Balaban J connectivity index is 1.63. The highest BCUT2D eigenvalue weighted by Gasteiger charge is 2.51. The summed E-state index contributed by atoms with van der Waals surface area (Å²) in [5.41, 5.74) is 1.56. The van der Waals surface area contributed by atoms with Crippen LogP contribution in [0.5, 0.6) is 0 Å². The van der Waals surface area contributed by atoms with E-state index < -0.39 is 0 Å². The molecule has 2 heterocycles. The quantitative estimate of drug-likeness (QED) is 0.682. The smallest absolute Gasteiger partial charge is 0.256 e. The molecule has 1 N–H and O–H groups in total. The van der Waals surface area contributed by atoms with Crippen LogP contribution in [0.25, 0.3) is 0 Å². The first kappa shape index (κ1) is 14.0. The molecule has 5 heteroatoms. The minimum absolute atomic E-state index is 0.183. The molecular weight excluding hydrogens is 283 g/mol. The molecule has 0 radical (unpaired) electrons. The molecule has 20 heavy (non-hydrogen) atoms. The van der Waals surface area contributed by atoms with Gasteiger partial charge in [-0.3, -0.25) is 0 Å². The average Bonchev–Trinajstić information content (AvgIpc) is 2.45. The summed E-state index contributed by atoms with van der Waals surface area (Å²) in [6.07, 6.45) is 3.12. The molecule has 2 fully saturated rings. The van der Waals surface area contributed by atoms with Crippen molar-refractivity contribution in [2.24, 2.45) is 5.41 Å². The van der Waals surface area contributed by atoms with E-state index in [1.165, 1.54) is 5.56 Å². The van der Waals surface area contributed by atoms with Gasteiger partial charge in [0.1, 0.15) is 0 Å². The van der Waals surface area contributed by atoms with Crippen LogP contribution in [-0.4, -0.2) is 34.7 Å². The van der Waals surface area contributed by atoms with Gasteiger partial charge in [-0.15, -0.1) is 0 Å². The molecule has 1 atom stereocenters. The highest BCUT2D eigenvalue weighted by molar-refractivity contribution is 7.81. The Morgan fingerprint density at radius 2 is 2.05 bits per heavy atom. The van der Waals surface area contributed by atoms with E-state index in [-0.39, 0.29) is 5.41 Å². The first-order valence-electron chi connectivity index (χ1n) is 7.22. The predicted molar refractivity (Wildman–Crippen MR) is 93.3 cm³/mol. The van der Waals surface area contributed by atoms with Crippen molar-refractivity contribution >= 4 is 41.3 Å². The van der Waals surface area contributed by atoms with E-state index >= 15 is 0 Å². The fourth-order valence-corrected chi connectivity index (χ4v) is 4.18. The van der Waals surface area contributed by atoms with Crippen LogP contribution in [0.15, 0.2) is 30.3 Å². The molecule has 0 bridgehead atoms. The first-order valence-corrected chi connectivity index (χ1v) is 8.04. The molecule has 0 saturated carbocycles. The number of piperidine rings is 1. The van der Waals surface area contributed by atoms with Crippen molar-refractivity contribution < 1.29 is 0 Å². The van der Waals surface area contributed by atoms with Gasteiger partial charge in [0.05, 0.1) is 9.98 Å². The van der Waals surface area contributed by atoms with Crippen LogP contribution >= 0.6 is 24.4 Å². The second-order valence-electron chi connectivity index (χ2n) is 6.03. The molecule has 0 amide bonds. The molecule has 1 spiro atoms. The van der Waals surface area contributed by atoms with Crippen molar-refractivity contribution in [1.82, 2.24) is 10.1 Å². The number of nitrogens with one attached hydrogen (secondary N) is 1. The molecule has 1 aromatic carbocycles. The Bertz CT molecular complexity index is 534. The summed E-state index contributed by atoms with van der Waals surface area (Å²) >= 11 is 11.0. The third-order valence-corrected chi connectivity index (χ3v) is 5.47. The highest BCUT2D eigenvalue weighted by Crippen LogP contribution is 2.42. The molecule has 1 aromatic rings. The van der Waals surface area contributed by atoms with Crippen LogP contribution in [0.4, 0.5) is 0 Å². The molecule has 104 valence electrons. The van der Waals surface area contributed by atoms with Crippen LogP contribution in [0.1, 0.15) is 18.4 Å². The van der Waals surface area contributed by atoms with Gasteiger partial charge >= 0.3 is 0 Å². The van der Waals surface area contributed by atoms with Gasteiger partial charge < -0.3 is 10.1 Å². The zero-order valence-corrected chi connectivity index (χ0v) is 13.4. The zero-order chi connectivity index (χ0) is 14.2. The second-order valence-corrected chi connectivity index (χ2v) is 6.91. The lowest BCUT2D eigenvalue weighted by Gasteiger charge is -2.56. The third-order valence-electron chi connectivity index (χ3n) is 4.52. The van der Waals surface area contributed by atoms with Crippen molar-refractivity contribution in [3.8, 4) is 0 Å². The molecule has 1 unspecified atom stereocenters. The van der Waals surface area contributed by atoms with E-state index in [0.717, 1.165) is 42.2 Å². The van der Waals surface area contributed by atoms with E-state index in [2.05, 4.69) is 47.3 Å². The van der Waals surface area contributed by atoms with Gasteiger partial charge in [-0.25, -0.2) is 0 Å². The maximum absolute atomic E-state index is 5.72. The standard InChI is InChI=1S/C15H19BN2S2/c1-16(10-12-5-3-2-4-6-12)18-11-15(14(18)20)7-8-17-13(19)9-15/h2-6H,7-11H2,1H3,(H,17,19). The Kier molecular flexibility index (Phi) is 3.82. The summed E-state index contributed by atoms with van der Waals surface area (Å²) in [4.78, 5) is 4.50. The number of rotatable bonds is 3. The zero-order valence-electron chi connectivity index (χ0n) is 11.8. The predicted octanol–water partition coefficient (Wildman–Crippen LogP) is 2.73. The molecule has 2 aliphatic rings. The molecule has 2 nitrogen and oxygen atoms in total. The number of benzene rings is 1. The molecule has 3 rings (SSSR count). The Hall–Kier alpha value is -0.935. The van der Waals surface area contributed by atoms with Crippen molar-refractivity contribution in [2.75, 3.05) is 13.1 Å². The maximum Gasteiger partial charge on any atom is 0.256 e. The fourth-order valence-electron chi connectivity index (χ4n) is 3.32. The third kappa shape index (κ3) is 2.49. The van der Waals surface area contributed by atoms with E-state index in [1.807, 2.05) is 0 Å². The molecular formula is C15H19BN2S2. The van der Waals surface area contributed by atoms with E-state index in [4.69, 9.17) is 24.4 Å². The van der Waals surface area contributed by atoms with Crippen LogP contribution in [0, 0.1) is 5.41 Å². The Labute approximate surface area is 132 Å². The molecule has 2 aliphatic heterocycles. The van der Waals surface area contributed by atoms with E-state index in [0.29, 0.717) is 6.85 Å². The van der Waals surface area contributed by atoms with E-state index in [1.54, 1.807) is 0 Å². The summed E-state index contributed by atoms with van der Waals surface area (Å²) < 4.78 is 0. The van der Waals surface area contributed by atoms with Crippen molar-refractivity contribution in [2.45, 2.75) is 26.0 Å². The van der Waals surface area contributed by atoms with Gasteiger partial charge in [0.25, 0.3) is 6.85 Å². The largest absolute Gasteiger partial charge is 0.408 e. The maximum atomic E-state index is 5.72. The number of hydrogen-bond donors (Lipinski definition) is 1. The number of nitrogens with zero attached hydrogens (tertiary/aromatic N) is 1. The summed E-state index contributed by atoms with van der Waals surface area (Å²) in [5, 5.41) is 3.26. The second kappa shape index (κ2) is 5.45. The summed E-state index contributed by atoms with van der Waals surface area (Å²) in [6.45, 7) is 4.78. The van der Waals surface area contributed by atoms with Gasteiger partial charge in [-0.2, -0.15) is 0 Å². The summed E-state index contributed by atoms with van der Waals surface area (Å²) in [7, 11) is 0. The fraction of sp³-hybridized carbons (Fsp3) is 0.467. The van der Waals surface area contributed by atoms with Gasteiger partial charge in [-0.05, 0) is 12.7 Å². The lowest BCUT2D eigenvalue weighted by Crippen LogP contribution is -2.67. The van der Waals surface area contributed by atoms with Crippen molar-refractivity contribution in [3.63, 3.8) is 0 Å². The van der Waals surface area contributed by atoms with Crippen molar-refractivity contribution in [1.29, 1.82) is 0 Å². The average molecular weight is 302 g/mol. The first-order chi connectivity index (χ1) is 9.61. The summed E-state index contributed by atoms with van der Waals surface area (Å²) in [5.74, 6) is 0. The van der Waals surface area contributed by atoms with Gasteiger partial charge in [0, 0.05) is 24.9 Å². The SMILES string of the molecule is CB(Cc1ccccc1)N1CC2(CCNC(=S)C2)C1=S. The van der Waals surface area contributed by atoms with Gasteiger partial charge in [0.2, 0.25) is 0 Å². The lowest BCUT2D eigenvalue weighted by molar-refractivity contribution is 0.238. The van der Waals surface area contributed by atoms with Gasteiger partial charge in [-0.1, -0.05) is 67.2 Å². The summed E-state index contributed by atoms with van der Waals surface area (Å²) in [6, 6.07) is 10.6. The topological polar surface area (TPSA) is 15.3 Å². The van der Waals surface area contributed by atoms with E-state index in [9.17, 15) is 0 Å². The van der Waals surface area contributed by atoms with Crippen LogP contribution in [-0.2, 0) is 6.32 Å². The minimum atomic E-state index is 0.183. The molecule has 2 saturated heterocycles. The monoisotopic (exact) mass is 302 g/mol. The Morgan fingerprint density at radius 1 is 1.30 bits per heavy atom.